The van der Waals surface area contributed by atoms with Gasteiger partial charge in [0, 0.05) is 17.5 Å². The standard InChI is InChI=1S/C28H22O10/c1-34-16-6-3-14(4-7-16)18-12-37-28-25-17(10-24(32)38-22(25)11-19(29)26(28)27(18)33)15-5-8-20(21(9-15)35-2)36-13-23(30)31/h3-9,11-12,17,29H,10,13H2,1-2H3,(H,30,31)/t17-/m0/s1. The predicted molar refractivity (Wildman–Crippen MR) is 134 cm³/mol. The number of methoxy groups -OCH3 is 2. The van der Waals surface area contributed by atoms with Crippen molar-refractivity contribution in [2.24, 2.45) is 0 Å². The Morgan fingerprint density at radius 2 is 1.79 bits per heavy atom. The van der Waals surface area contributed by atoms with Crippen LogP contribution >= 0.6 is 0 Å². The molecule has 0 aliphatic carbocycles. The van der Waals surface area contributed by atoms with Crippen molar-refractivity contribution >= 4 is 22.9 Å². The summed E-state index contributed by atoms with van der Waals surface area (Å²) >= 11 is 0. The van der Waals surface area contributed by atoms with Crippen LogP contribution in [0, 0.1) is 0 Å². The highest BCUT2D eigenvalue weighted by Gasteiger charge is 2.34. The summed E-state index contributed by atoms with van der Waals surface area (Å²) < 4.78 is 27.2. The van der Waals surface area contributed by atoms with Crippen molar-refractivity contribution in [3.05, 3.63) is 76.1 Å². The van der Waals surface area contributed by atoms with Crippen molar-refractivity contribution in [1.29, 1.82) is 0 Å². The topological polar surface area (TPSA) is 142 Å². The Balaban J connectivity index is 1.66. The summed E-state index contributed by atoms with van der Waals surface area (Å²) in [4.78, 5) is 36.9. The molecule has 0 unspecified atom stereocenters. The molecular formula is C28H22O10. The maximum atomic E-state index is 13.5. The van der Waals surface area contributed by atoms with E-state index in [0.29, 0.717) is 22.4 Å². The molecule has 0 radical (unpaired) electrons. The Morgan fingerprint density at radius 1 is 1.03 bits per heavy atom. The molecule has 1 aromatic heterocycles. The number of fused-ring (bicyclic) bond motifs is 3. The summed E-state index contributed by atoms with van der Waals surface area (Å²) in [6, 6.07) is 12.9. The lowest BCUT2D eigenvalue weighted by atomic mass is 9.84. The van der Waals surface area contributed by atoms with Crippen molar-refractivity contribution < 1.29 is 43.2 Å². The molecule has 2 N–H and O–H groups in total. The van der Waals surface area contributed by atoms with Gasteiger partial charge in [0.2, 0.25) is 5.43 Å². The number of benzene rings is 3. The SMILES string of the molecule is COc1ccc(-c2coc3c4c(cc(O)c3c2=O)OC(=O)C[C@H]4c2ccc(OCC(=O)O)c(OC)c2)cc1. The lowest BCUT2D eigenvalue weighted by molar-refractivity contribution is -0.139. The van der Waals surface area contributed by atoms with Crippen LogP contribution in [0.4, 0.5) is 0 Å². The van der Waals surface area contributed by atoms with Crippen LogP contribution in [0.3, 0.4) is 0 Å². The number of carboxylic acids is 1. The molecule has 194 valence electrons. The second kappa shape index (κ2) is 9.81. The molecule has 0 bridgehead atoms. The minimum Gasteiger partial charge on any atom is -0.507 e. The van der Waals surface area contributed by atoms with Gasteiger partial charge in [0.25, 0.3) is 0 Å². The molecule has 10 nitrogen and oxygen atoms in total. The molecular weight excluding hydrogens is 496 g/mol. The highest BCUT2D eigenvalue weighted by molar-refractivity contribution is 5.94. The number of aromatic hydroxyl groups is 1. The predicted octanol–water partition coefficient (Wildman–Crippen LogP) is 4.09. The van der Waals surface area contributed by atoms with Gasteiger partial charge in [0.05, 0.1) is 26.2 Å². The molecule has 0 saturated heterocycles. The third-order valence-electron chi connectivity index (χ3n) is 6.31. The summed E-state index contributed by atoms with van der Waals surface area (Å²) in [5.74, 6) is -1.52. The normalized spacial score (nSPS) is 14.5. The fourth-order valence-corrected chi connectivity index (χ4v) is 4.55. The minimum atomic E-state index is -1.14. The fraction of sp³-hybridized carbons (Fsp3) is 0.179. The Hall–Kier alpha value is -4.99. The van der Waals surface area contributed by atoms with Crippen molar-refractivity contribution in [2.45, 2.75) is 12.3 Å². The number of phenols is 1. The van der Waals surface area contributed by atoms with Crippen LogP contribution in [0.25, 0.3) is 22.1 Å². The summed E-state index contributed by atoms with van der Waals surface area (Å²) in [5.41, 5.74) is 1.46. The zero-order valence-electron chi connectivity index (χ0n) is 20.3. The van der Waals surface area contributed by atoms with E-state index in [9.17, 15) is 19.5 Å². The monoisotopic (exact) mass is 518 g/mol. The fourth-order valence-electron chi connectivity index (χ4n) is 4.55. The van der Waals surface area contributed by atoms with Crippen LogP contribution in [0.15, 0.2) is 64.0 Å². The minimum absolute atomic E-state index is 0.0478. The molecule has 1 atom stereocenters. The van der Waals surface area contributed by atoms with E-state index in [4.69, 9.17) is 28.5 Å². The van der Waals surface area contributed by atoms with E-state index in [1.165, 1.54) is 32.6 Å². The van der Waals surface area contributed by atoms with Gasteiger partial charge in [-0.2, -0.15) is 0 Å². The highest BCUT2D eigenvalue weighted by atomic mass is 16.5. The van der Waals surface area contributed by atoms with Gasteiger partial charge in [-0.15, -0.1) is 0 Å². The van der Waals surface area contributed by atoms with Crippen molar-refractivity contribution in [2.75, 3.05) is 20.8 Å². The van der Waals surface area contributed by atoms with Gasteiger partial charge in [0.1, 0.15) is 34.5 Å². The van der Waals surface area contributed by atoms with Gasteiger partial charge < -0.3 is 33.6 Å². The largest absolute Gasteiger partial charge is 0.507 e. The Labute approximate surface area is 215 Å². The van der Waals surface area contributed by atoms with Gasteiger partial charge in [0.15, 0.2) is 18.1 Å². The number of rotatable bonds is 7. The van der Waals surface area contributed by atoms with Crippen molar-refractivity contribution in [3.8, 4) is 39.9 Å². The van der Waals surface area contributed by atoms with E-state index >= 15 is 0 Å². The van der Waals surface area contributed by atoms with Crippen molar-refractivity contribution in [1.82, 2.24) is 0 Å². The smallest absolute Gasteiger partial charge is 0.341 e. The van der Waals surface area contributed by atoms with Crippen LogP contribution in [0.2, 0.25) is 0 Å². The Bertz CT molecular complexity index is 1620. The van der Waals surface area contributed by atoms with E-state index in [-0.39, 0.29) is 46.0 Å². The molecule has 0 saturated carbocycles. The first kappa shape index (κ1) is 24.7. The van der Waals surface area contributed by atoms with Gasteiger partial charge in [-0.3, -0.25) is 9.59 Å². The number of hydrogen-bond acceptors (Lipinski definition) is 9. The first-order valence-electron chi connectivity index (χ1n) is 11.5. The maximum absolute atomic E-state index is 13.5. The molecule has 38 heavy (non-hydrogen) atoms. The summed E-state index contributed by atoms with van der Waals surface area (Å²) in [7, 11) is 2.94. The van der Waals surface area contributed by atoms with Gasteiger partial charge >= 0.3 is 11.9 Å². The summed E-state index contributed by atoms with van der Waals surface area (Å²) in [6.07, 6.45) is 1.23. The molecule has 0 amide bonds. The van der Waals surface area contributed by atoms with Crippen LogP contribution in [0.1, 0.15) is 23.5 Å². The van der Waals surface area contributed by atoms with E-state index in [1.54, 1.807) is 36.4 Å². The van der Waals surface area contributed by atoms with Crippen molar-refractivity contribution in [3.63, 3.8) is 0 Å². The first-order valence-corrected chi connectivity index (χ1v) is 11.5. The van der Waals surface area contributed by atoms with E-state index in [1.807, 2.05) is 0 Å². The zero-order valence-corrected chi connectivity index (χ0v) is 20.3. The third-order valence-corrected chi connectivity index (χ3v) is 6.31. The van der Waals surface area contributed by atoms with E-state index in [0.717, 1.165) is 0 Å². The van der Waals surface area contributed by atoms with E-state index in [2.05, 4.69) is 0 Å². The molecule has 1 aliphatic rings. The zero-order chi connectivity index (χ0) is 27.0. The van der Waals surface area contributed by atoms with Crippen LogP contribution in [0.5, 0.6) is 28.7 Å². The molecule has 5 rings (SSSR count). The number of esters is 1. The van der Waals surface area contributed by atoms with Crippen LogP contribution in [-0.4, -0.2) is 43.0 Å². The number of hydrogen-bond donors (Lipinski definition) is 2. The number of ether oxygens (including phenoxy) is 4. The lowest BCUT2D eigenvalue weighted by Crippen LogP contribution is -2.22. The molecule has 2 heterocycles. The van der Waals surface area contributed by atoms with Crippen LogP contribution in [-0.2, 0) is 9.59 Å². The average molecular weight is 518 g/mol. The molecule has 0 spiro atoms. The van der Waals surface area contributed by atoms with Crippen LogP contribution < -0.4 is 24.4 Å². The third kappa shape index (κ3) is 4.36. The lowest BCUT2D eigenvalue weighted by Gasteiger charge is -2.26. The second-order valence-electron chi connectivity index (χ2n) is 8.54. The average Bonchev–Trinajstić information content (AvgIpc) is 2.91. The number of carbonyl (C=O) groups is 2. The maximum Gasteiger partial charge on any atom is 0.341 e. The molecule has 0 fully saturated rings. The number of carbonyl (C=O) groups excluding carboxylic acids is 1. The molecule has 1 aliphatic heterocycles. The molecule has 10 heteroatoms. The Kier molecular flexibility index (Phi) is 6.38. The first-order chi connectivity index (χ1) is 18.3. The molecule has 4 aromatic rings. The quantitative estimate of drug-likeness (QED) is 0.271. The Morgan fingerprint density at radius 3 is 2.47 bits per heavy atom. The van der Waals surface area contributed by atoms with Gasteiger partial charge in [-0.25, -0.2) is 4.79 Å². The molecule has 3 aromatic carbocycles. The van der Waals surface area contributed by atoms with E-state index < -0.39 is 29.9 Å². The highest BCUT2D eigenvalue weighted by Crippen LogP contribution is 2.46. The van der Waals surface area contributed by atoms with Gasteiger partial charge in [-0.1, -0.05) is 18.2 Å². The summed E-state index contributed by atoms with van der Waals surface area (Å²) in [5, 5.41) is 19.6. The second-order valence-corrected chi connectivity index (χ2v) is 8.54. The number of aliphatic carboxylic acids is 1. The number of phenolic OH excluding ortho intramolecular Hbond substituents is 1. The van der Waals surface area contributed by atoms with Gasteiger partial charge in [-0.05, 0) is 35.4 Å². The summed E-state index contributed by atoms with van der Waals surface area (Å²) in [6.45, 7) is -0.556. The number of carboxylic acid groups (broad SMARTS) is 1.